The Morgan fingerprint density at radius 1 is 1.16 bits per heavy atom. The van der Waals surface area contributed by atoms with Gasteiger partial charge in [0.25, 0.3) is 0 Å². The molecule has 1 atom stereocenters. The summed E-state index contributed by atoms with van der Waals surface area (Å²) < 4.78 is 16.1. The van der Waals surface area contributed by atoms with Crippen LogP contribution >= 0.6 is 0 Å². The fourth-order valence-corrected chi connectivity index (χ4v) is 2.75. The van der Waals surface area contributed by atoms with Gasteiger partial charge in [-0.25, -0.2) is 4.79 Å². The predicted octanol–water partition coefficient (Wildman–Crippen LogP) is 2.41. The average molecular weight is 350 g/mol. The molecule has 0 spiro atoms. The third kappa shape index (κ3) is 5.55. The molecule has 2 amide bonds. The van der Waals surface area contributed by atoms with E-state index in [4.69, 9.17) is 14.2 Å². The minimum Gasteiger partial charge on any atom is -0.490 e. The summed E-state index contributed by atoms with van der Waals surface area (Å²) in [5.74, 6) is 0.730. The Bertz CT molecular complexity index is 578. The van der Waals surface area contributed by atoms with E-state index < -0.39 is 0 Å². The van der Waals surface area contributed by atoms with Gasteiger partial charge in [0, 0.05) is 13.1 Å². The lowest BCUT2D eigenvalue weighted by Gasteiger charge is -2.31. The maximum absolute atomic E-state index is 12.3. The zero-order chi connectivity index (χ0) is 18.1. The first-order valence-electron chi connectivity index (χ1n) is 8.69. The van der Waals surface area contributed by atoms with Crippen molar-refractivity contribution in [3.8, 4) is 11.5 Å². The maximum Gasteiger partial charge on any atom is 0.320 e. The van der Waals surface area contributed by atoms with Crippen molar-refractivity contribution in [3.05, 3.63) is 24.3 Å². The van der Waals surface area contributed by atoms with Crippen LogP contribution in [0, 0.1) is 5.92 Å². The summed E-state index contributed by atoms with van der Waals surface area (Å²) in [6, 6.07) is 7.06. The summed E-state index contributed by atoms with van der Waals surface area (Å²) in [4.78, 5) is 25.7. The molecule has 1 N–H and O–H groups in total. The molecule has 2 rings (SSSR count). The molecule has 1 aromatic rings. The summed E-state index contributed by atoms with van der Waals surface area (Å²) in [6.45, 7) is 5.60. The van der Waals surface area contributed by atoms with Gasteiger partial charge in [-0.2, -0.15) is 0 Å². The minimum atomic E-state index is -0.251. The topological polar surface area (TPSA) is 77.1 Å². The largest absolute Gasteiger partial charge is 0.490 e. The lowest BCUT2D eigenvalue weighted by molar-refractivity contribution is -0.149. The number of benzene rings is 1. The van der Waals surface area contributed by atoms with Crippen LogP contribution in [0.5, 0.6) is 11.5 Å². The van der Waals surface area contributed by atoms with Crippen molar-refractivity contribution in [2.24, 2.45) is 5.92 Å². The molecule has 138 valence electrons. The van der Waals surface area contributed by atoms with Gasteiger partial charge in [-0.15, -0.1) is 0 Å². The van der Waals surface area contributed by atoms with E-state index in [9.17, 15) is 9.59 Å². The molecule has 0 radical (unpaired) electrons. The quantitative estimate of drug-likeness (QED) is 0.604. The van der Waals surface area contributed by atoms with Crippen molar-refractivity contribution in [1.29, 1.82) is 0 Å². The summed E-state index contributed by atoms with van der Waals surface area (Å²) >= 11 is 0. The van der Waals surface area contributed by atoms with E-state index in [2.05, 4.69) is 5.32 Å². The molecule has 1 aliphatic rings. The van der Waals surface area contributed by atoms with E-state index in [1.165, 1.54) is 0 Å². The average Bonchev–Trinajstić information content (AvgIpc) is 2.63. The van der Waals surface area contributed by atoms with Crippen LogP contribution in [-0.2, 0) is 9.53 Å². The molecule has 0 aromatic heterocycles. The molecule has 1 unspecified atom stereocenters. The van der Waals surface area contributed by atoms with Crippen LogP contribution in [0.25, 0.3) is 0 Å². The number of hydrogen-bond acceptors (Lipinski definition) is 5. The van der Waals surface area contributed by atoms with Crippen molar-refractivity contribution >= 4 is 12.0 Å². The molecule has 7 heteroatoms. The van der Waals surface area contributed by atoms with Crippen LogP contribution < -0.4 is 14.8 Å². The van der Waals surface area contributed by atoms with Crippen molar-refractivity contribution in [2.75, 3.05) is 33.0 Å². The fraction of sp³-hybridized carbons (Fsp3) is 0.556. The first-order valence-corrected chi connectivity index (χ1v) is 8.69. The number of carbonyl (C=O) groups is 2. The first kappa shape index (κ1) is 18.9. The third-order valence-electron chi connectivity index (χ3n) is 3.93. The number of esters is 1. The number of carbonyl (C=O) groups excluding carboxylic acids is 2. The van der Waals surface area contributed by atoms with Crippen molar-refractivity contribution in [2.45, 2.75) is 26.7 Å². The lowest BCUT2D eigenvalue weighted by Crippen LogP contribution is -2.48. The third-order valence-corrected chi connectivity index (χ3v) is 3.93. The second kappa shape index (κ2) is 9.76. The zero-order valence-corrected chi connectivity index (χ0v) is 14.8. The normalized spacial score (nSPS) is 16.9. The monoisotopic (exact) mass is 350 g/mol. The number of rotatable bonds is 7. The van der Waals surface area contributed by atoms with Crippen LogP contribution in [-0.4, -0.2) is 49.9 Å². The number of amides is 2. The number of urea groups is 1. The van der Waals surface area contributed by atoms with Gasteiger partial charge in [0.15, 0.2) is 18.2 Å². The van der Waals surface area contributed by atoms with Crippen LogP contribution in [0.4, 0.5) is 4.79 Å². The molecule has 1 fully saturated rings. The van der Waals surface area contributed by atoms with Crippen LogP contribution in [0.1, 0.15) is 26.7 Å². The van der Waals surface area contributed by atoms with E-state index in [-0.39, 0.29) is 24.6 Å². The minimum absolute atomic E-state index is 0.0312. The van der Waals surface area contributed by atoms with Gasteiger partial charge in [0.05, 0.1) is 19.1 Å². The molecule has 0 aliphatic carbocycles. The number of ether oxygens (including phenoxy) is 3. The van der Waals surface area contributed by atoms with E-state index in [0.29, 0.717) is 37.8 Å². The van der Waals surface area contributed by atoms with E-state index in [1.807, 2.05) is 25.1 Å². The molecule has 7 nitrogen and oxygen atoms in total. The lowest BCUT2D eigenvalue weighted by atomic mass is 9.98. The summed E-state index contributed by atoms with van der Waals surface area (Å²) in [5.41, 5.74) is 0. The van der Waals surface area contributed by atoms with Crippen molar-refractivity contribution < 1.29 is 23.8 Å². The molecule has 1 aromatic carbocycles. The number of para-hydroxylation sites is 2. The molecular weight excluding hydrogens is 324 g/mol. The number of nitrogens with zero attached hydrogens (tertiary/aromatic N) is 1. The molecule has 25 heavy (non-hydrogen) atoms. The molecular formula is C18H26N2O5. The Morgan fingerprint density at radius 2 is 1.88 bits per heavy atom. The predicted molar refractivity (Wildman–Crippen MR) is 92.6 cm³/mol. The van der Waals surface area contributed by atoms with Gasteiger partial charge < -0.3 is 24.4 Å². The van der Waals surface area contributed by atoms with E-state index in [1.54, 1.807) is 17.9 Å². The van der Waals surface area contributed by atoms with E-state index >= 15 is 0 Å². The van der Waals surface area contributed by atoms with Gasteiger partial charge in [-0.3, -0.25) is 4.79 Å². The van der Waals surface area contributed by atoms with Crippen LogP contribution in [0.2, 0.25) is 0 Å². The Morgan fingerprint density at radius 3 is 2.56 bits per heavy atom. The maximum atomic E-state index is 12.3. The SMILES string of the molecule is CCOC(=O)C1CCCN(C(=O)NCOc2ccccc2OCC)C1. The first-order chi connectivity index (χ1) is 12.2. The summed E-state index contributed by atoms with van der Waals surface area (Å²) in [6.07, 6.45) is 1.53. The smallest absolute Gasteiger partial charge is 0.320 e. The van der Waals surface area contributed by atoms with Gasteiger partial charge in [0.1, 0.15) is 0 Å². The van der Waals surface area contributed by atoms with Crippen molar-refractivity contribution in [1.82, 2.24) is 10.2 Å². The summed E-state index contributed by atoms with van der Waals surface area (Å²) in [5, 5.41) is 2.72. The Kier molecular flexibility index (Phi) is 7.37. The van der Waals surface area contributed by atoms with E-state index in [0.717, 1.165) is 12.8 Å². The molecule has 1 saturated heterocycles. The van der Waals surface area contributed by atoms with Gasteiger partial charge >= 0.3 is 12.0 Å². The second-order valence-electron chi connectivity index (χ2n) is 5.69. The van der Waals surface area contributed by atoms with Crippen LogP contribution in [0.15, 0.2) is 24.3 Å². The fourth-order valence-electron chi connectivity index (χ4n) is 2.75. The number of nitrogens with one attached hydrogen (secondary N) is 1. The molecule has 0 saturated carbocycles. The summed E-state index contributed by atoms with van der Waals surface area (Å²) in [7, 11) is 0. The number of likely N-dealkylation sites (tertiary alicyclic amines) is 1. The molecule has 1 heterocycles. The highest BCUT2D eigenvalue weighted by Crippen LogP contribution is 2.26. The highest BCUT2D eigenvalue weighted by Gasteiger charge is 2.29. The van der Waals surface area contributed by atoms with Gasteiger partial charge in [-0.1, -0.05) is 12.1 Å². The Hall–Kier alpha value is -2.44. The zero-order valence-electron chi connectivity index (χ0n) is 14.8. The Balaban J connectivity index is 1.81. The van der Waals surface area contributed by atoms with Gasteiger partial charge in [-0.05, 0) is 38.8 Å². The van der Waals surface area contributed by atoms with Crippen LogP contribution in [0.3, 0.4) is 0 Å². The molecule has 1 aliphatic heterocycles. The highest BCUT2D eigenvalue weighted by molar-refractivity contribution is 5.77. The molecule has 0 bridgehead atoms. The second-order valence-corrected chi connectivity index (χ2v) is 5.69. The van der Waals surface area contributed by atoms with Crippen molar-refractivity contribution in [3.63, 3.8) is 0 Å². The Labute approximate surface area is 148 Å². The highest BCUT2D eigenvalue weighted by atomic mass is 16.5. The standard InChI is InChI=1S/C18H26N2O5/c1-3-23-15-9-5-6-10-16(15)25-13-19-18(22)20-11-7-8-14(12-20)17(21)24-4-2/h5-6,9-10,14H,3-4,7-8,11-13H2,1-2H3,(H,19,22). The number of piperidine rings is 1. The van der Waals surface area contributed by atoms with Gasteiger partial charge in [0.2, 0.25) is 0 Å². The number of hydrogen-bond donors (Lipinski definition) is 1.